The zero-order valence-electron chi connectivity index (χ0n) is 11.1. The van der Waals surface area contributed by atoms with E-state index in [4.69, 9.17) is 5.73 Å². The minimum atomic E-state index is -3.84. The summed E-state index contributed by atoms with van der Waals surface area (Å²) in [6, 6.07) is 2.13. The van der Waals surface area contributed by atoms with Crippen LogP contribution in [-0.2, 0) is 10.0 Å². The van der Waals surface area contributed by atoms with E-state index in [9.17, 15) is 12.8 Å². The minimum Gasteiger partial charge on any atom is -0.398 e. The van der Waals surface area contributed by atoms with Gasteiger partial charge in [-0.3, -0.25) is 0 Å². The zero-order valence-corrected chi connectivity index (χ0v) is 11.9. The number of benzene rings is 1. The summed E-state index contributed by atoms with van der Waals surface area (Å²) in [4.78, 5) is -0.367. The summed E-state index contributed by atoms with van der Waals surface area (Å²) >= 11 is 0. The molecule has 2 N–H and O–H groups in total. The molecule has 6 heteroatoms. The Hall–Kier alpha value is -1.14. The molecule has 0 aliphatic carbocycles. The highest BCUT2D eigenvalue weighted by molar-refractivity contribution is 7.89. The Labute approximate surface area is 108 Å². The van der Waals surface area contributed by atoms with E-state index in [2.05, 4.69) is 0 Å². The molecule has 1 aromatic carbocycles. The molecule has 0 aliphatic heterocycles. The van der Waals surface area contributed by atoms with E-state index in [0.29, 0.717) is 12.0 Å². The Balaban J connectivity index is 3.33. The van der Waals surface area contributed by atoms with Crippen molar-refractivity contribution in [3.63, 3.8) is 0 Å². The maximum Gasteiger partial charge on any atom is 0.246 e. The van der Waals surface area contributed by atoms with Crippen LogP contribution in [0.4, 0.5) is 10.1 Å². The van der Waals surface area contributed by atoms with Gasteiger partial charge in [-0.25, -0.2) is 12.8 Å². The van der Waals surface area contributed by atoms with Gasteiger partial charge in [0.1, 0.15) is 10.7 Å². The Kier molecular flexibility index (Phi) is 4.34. The van der Waals surface area contributed by atoms with Crippen molar-refractivity contribution >= 4 is 15.7 Å². The smallest absolute Gasteiger partial charge is 0.246 e. The van der Waals surface area contributed by atoms with Crippen molar-refractivity contribution < 1.29 is 12.8 Å². The molecule has 0 bridgehead atoms. The summed E-state index contributed by atoms with van der Waals surface area (Å²) in [7, 11) is -2.40. The van der Waals surface area contributed by atoms with E-state index >= 15 is 0 Å². The van der Waals surface area contributed by atoms with Crippen molar-refractivity contribution in [1.29, 1.82) is 0 Å². The molecule has 0 radical (unpaired) electrons. The molecule has 4 nitrogen and oxygen atoms in total. The highest BCUT2D eigenvalue weighted by Crippen LogP contribution is 2.25. The second kappa shape index (κ2) is 5.24. The maximum atomic E-state index is 13.8. The van der Waals surface area contributed by atoms with Crippen LogP contribution in [0.25, 0.3) is 0 Å². The van der Waals surface area contributed by atoms with E-state index in [1.54, 1.807) is 13.8 Å². The number of hydrogen-bond acceptors (Lipinski definition) is 3. The number of sulfonamides is 1. The van der Waals surface area contributed by atoms with E-state index in [1.165, 1.54) is 17.4 Å². The molecule has 1 atom stereocenters. The molecule has 0 amide bonds. The lowest BCUT2D eigenvalue weighted by atomic mass is 10.2. The minimum absolute atomic E-state index is 0.197. The molecule has 0 spiro atoms. The fraction of sp³-hybridized carbons (Fsp3) is 0.500. The van der Waals surface area contributed by atoms with E-state index in [1.807, 2.05) is 6.92 Å². The summed E-state index contributed by atoms with van der Waals surface area (Å²) in [6.45, 7) is 5.27. The van der Waals surface area contributed by atoms with Crippen LogP contribution in [0.2, 0.25) is 0 Å². The fourth-order valence-corrected chi connectivity index (χ4v) is 3.03. The Morgan fingerprint density at radius 2 is 2.00 bits per heavy atom. The van der Waals surface area contributed by atoms with E-state index in [-0.39, 0.29) is 16.6 Å². The molecule has 18 heavy (non-hydrogen) atoms. The van der Waals surface area contributed by atoms with Crippen LogP contribution in [0.3, 0.4) is 0 Å². The monoisotopic (exact) mass is 274 g/mol. The van der Waals surface area contributed by atoms with Crippen LogP contribution < -0.4 is 5.73 Å². The van der Waals surface area contributed by atoms with Gasteiger partial charge >= 0.3 is 0 Å². The SMILES string of the molecule is CCC(C)N(C)S(=O)(=O)c1cc(N)c(C)cc1F. The lowest BCUT2D eigenvalue weighted by molar-refractivity contribution is 0.378. The number of nitrogens with two attached hydrogens (primary N) is 1. The molecule has 0 saturated heterocycles. The van der Waals surface area contributed by atoms with Gasteiger partial charge in [-0.05, 0) is 38.0 Å². The van der Waals surface area contributed by atoms with Gasteiger partial charge in [0, 0.05) is 18.8 Å². The molecule has 1 unspecified atom stereocenters. The summed E-state index contributed by atoms with van der Waals surface area (Å²) in [5, 5.41) is 0. The van der Waals surface area contributed by atoms with Crippen LogP contribution in [0.5, 0.6) is 0 Å². The van der Waals surface area contributed by atoms with Crippen molar-refractivity contribution in [2.24, 2.45) is 0 Å². The molecule has 0 fully saturated rings. The summed E-state index contributed by atoms with van der Waals surface area (Å²) in [5.74, 6) is -0.767. The van der Waals surface area contributed by atoms with Gasteiger partial charge in [-0.15, -0.1) is 0 Å². The van der Waals surface area contributed by atoms with Gasteiger partial charge in [-0.2, -0.15) is 4.31 Å². The molecule has 0 aliphatic rings. The third-order valence-corrected chi connectivity index (χ3v) is 5.18. The number of hydrogen-bond donors (Lipinski definition) is 1. The van der Waals surface area contributed by atoms with Crippen LogP contribution in [-0.4, -0.2) is 25.8 Å². The van der Waals surface area contributed by atoms with E-state index < -0.39 is 15.8 Å². The largest absolute Gasteiger partial charge is 0.398 e. The molecule has 1 rings (SSSR count). The van der Waals surface area contributed by atoms with E-state index in [0.717, 1.165) is 6.07 Å². The van der Waals surface area contributed by atoms with Gasteiger partial charge in [0.15, 0.2) is 0 Å². The Morgan fingerprint density at radius 3 is 2.50 bits per heavy atom. The number of halogens is 1. The summed E-state index contributed by atoms with van der Waals surface area (Å²) in [5.41, 5.74) is 6.44. The summed E-state index contributed by atoms with van der Waals surface area (Å²) < 4.78 is 39.5. The first-order chi connectivity index (χ1) is 8.21. The van der Waals surface area contributed by atoms with Crippen molar-refractivity contribution in [3.05, 3.63) is 23.5 Å². The van der Waals surface area contributed by atoms with Gasteiger partial charge in [0.25, 0.3) is 0 Å². The molecular formula is C12H19FN2O2S. The number of anilines is 1. The maximum absolute atomic E-state index is 13.8. The predicted octanol–water partition coefficient (Wildman–Crippen LogP) is 2.14. The first-order valence-corrected chi connectivity index (χ1v) is 7.19. The van der Waals surface area contributed by atoms with Crippen molar-refractivity contribution in [1.82, 2.24) is 4.31 Å². The number of nitrogen functional groups attached to an aromatic ring is 1. The van der Waals surface area contributed by atoms with Crippen molar-refractivity contribution in [2.45, 2.75) is 38.1 Å². The third-order valence-electron chi connectivity index (χ3n) is 3.19. The van der Waals surface area contributed by atoms with Gasteiger partial charge < -0.3 is 5.73 Å². The van der Waals surface area contributed by atoms with Gasteiger partial charge in [0.05, 0.1) is 0 Å². The second-order valence-electron chi connectivity index (χ2n) is 4.42. The van der Waals surface area contributed by atoms with Gasteiger partial charge in [0.2, 0.25) is 10.0 Å². The van der Waals surface area contributed by atoms with Crippen LogP contribution >= 0.6 is 0 Å². The Bertz CT molecular complexity index is 543. The van der Waals surface area contributed by atoms with Crippen molar-refractivity contribution in [2.75, 3.05) is 12.8 Å². The average Bonchev–Trinajstić information content (AvgIpc) is 2.31. The fourth-order valence-electron chi connectivity index (χ4n) is 1.52. The second-order valence-corrected chi connectivity index (χ2v) is 6.38. The molecular weight excluding hydrogens is 255 g/mol. The number of aryl methyl sites for hydroxylation is 1. The van der Waals surface area contributed by atoms with Crippen LogP contribution in [0, 0.1) is 12.7 Å². The normalized spacial score (nSPS) is 13.9. The molecule has 1 aromatic rings. The highest BCUT2D eigenvalue weighted by Gasteiger charge is 2.27. The Morgan fingerprint density at radius 1 is 1.44 bits per heavy atom. The average molecular weight is 274 g/mol. The molecule has 0 saturated carbocycles. The first kappa shape index (κ1) is 14.9. The number of nitrogens with zero attached hydrogens (tertiary/aromatic N) is 1. The molecule has 102 valence electrons. The summed E-state index contributed by atoms with van der Waals surface area (Å²) in [6.07, 6.45) is 0.651. The van der Waals surface area contributed by atoms with Crippen LogP contribution in [0.1, 0.15) is 25.8 Å². The van der Waals surface area contributed by atoms with Gasteiger partial charge in [-0.1, -0.05) is 6.92 Å². The lowest BCUT2D eigenvalue weighted by Crippen LogP contribution is -2.35. The lowest BCUT2D eigenvalue weighted by Gasteiger charge is -2.23. The zero-order chi connectivity index (χ0) is 14.1. The molecule has 0 heterocycles. The first-order valence-electron chi connectivity index (χ1n) is 5.75. The standard InChI is InChI=1S/C12H19FN2O2S/c1-5-9(3)15(4)18(16,17)12-7-11(14)8(2)6-10(12)13/h6-7,9H,5,14H2,1-4H3. The topological polar surface area (TPSA) is 63.4 Å². The quantitative estimate of drug-likeness (QED) is 0.856. The predicted molar refractivity (Wildman–Crippen MR) is 70.3 cm³/mol. The number of rotatable bonds is 4. The highest BCUT2D eigenvalue weighted by atomic mass is 32.2. The molecule has 0 aromatic heterocycles. The third kappa shape index (κ3) is 2.64. The van der Waals surface area contributed by atoms with Crippen molar-refractivity contribution in [3.8, 4) is 0 Å². The van der Waals surface area contributed by atoms with Crippen LogP contribution in [0.15, 0.2) is 17.0 Å².